The Balaban J connectivity index is 1.37. The highest BCUT2D eigenvalue weighted by Gasteiger charge is 2.39. The molecule has 4 bridgehead atoms. The van der Waals surface area contributed by atoms with Gasteiger partial charge in [-0.15, -0.1) is 0 Å². The largest absolute Gasteiger partial charge is 0.493 e. The molecule has 3 aromatic rings. The average molecular weight is 575 g/mol. The minimum absolute atomic E-state index is 0.0941. The molecular weight excluding hydrogens is 536 g/mol. The van der Waals surface area contributed by atoms with E-state index in [0.29, 0.717) is 80.2 Å². The smallest absolute Gasteiger partial charge is 0.257 e. The Morgan fingerprint density at radius 2 is 1.83 bits per heavy atom. The van der Waals surface area contributed by atoms with Gasteiger partial charge in [0.15, 0.2) is 17.3 Å². The maximum absolute atomic E-state index is 14.0. The summed E-state index contributed by atoms with van der Waals surface area (Å²) in [4.78, 5) is 46.1. The van der Waals surface area contributed by atoms with Crippen molar-refractivity contribution in [2.24, 2.45) is 0 Å². The molecule has 42 heavy (non-hydrogen) atoms. The molecule has 0 unspecified atom stereocenters. The normalized spacial score (nSPS) is 19.9. The summed E-state index contributed by atoms with van der Waals surface area (Å²) in [6, 6.07) is 8.94. The lowest BCUT2D eigenvalue weighted by molar-refractivity contribution is -0.123. The summed E-state index contributed by atoms with van der Waals surface area (Å²) in [6.07, 6.45) is 7.01. The van der Waals surface area contributed by atoms with E-state index in [9.17, 15) is 14.4 Å². The van der Waals surface area contributed by atoms with Crippen molar-refractivity contribution in [2.45, 2.75) is 64.0 Å². The van der Waals surface area contributed by atoms with Gasteiger partial charge < -0.3 is 25.0 Å². The van der Waals surface area contributed by atoms with E-state index in [1.165, 1.54) is 0 Å². The van der Waals surface area contributed by atoms with Crippen LogP contribution in [-0.2, 0) is 22.4 Å². The molecule has 2 aromatic heterocycles. The van der Waals surface area contributed by atoms with Crippen LogP contribution in [0.3, 0.4) is 0 Å². The third-order valence-electron chi connectivity index (χ3n) is 8.12. The number of nitrogens with zero attached hydrogens (tertiary/aromatic N) is 4. The van der Waals surface area contributed by atoms with Crippen LogP contribution in [0.4, 0.5) is 0 Å². The first-order valence-electron chi connectivity index (χ1n) is 14.5. The third-order valence-corrected chi connectivity index (χ3v) is 8.12. The molecule has 2 N–H and O–H groups in total. The molecule has 0 saturated carbocycles. The Morgan fingerprint density at radius 1 is 1.00 bits per heavy atom. The predicted molar refractivity (Wildman–Crippen MR) is 156 cm³/mol. The lowest BCUT2D eigenvalue weighted by Gasteiger charge is -2.30. The highest BCUT2D eigenvalue weighted by molar-refractivity contribution is 5.96. The maximum atomic E-state index is 14.0. The second-order valence-electron chi connectivity index (χ2n) is 10.8. The predicted octanol–water partition coefficient (Wildman–Crippen LogP) is 2.77. The zero-order chi connectivity index (χ0) is 29.6. The monoisotopic (exact) mass is 574 g/mol. The first-order chi connectivity index (χ1) is 20.4. The van der Waals surface area contributed by atoms with E-state index in [4.69, 9.17) is 9.47 Å². The van der Waals surface area contributed by atoms with Crippen molar-refractivity contribution in [1.82, 2.24) is 30.3 Å². The van der Waals surface area contributed by atoms with E-state index in [0.717, 1.165) is 11.1 Å². The highest BCUT2D eigenvalue weighted by Crippen LogP contribution is 2.34. The summed E-state index contributed by atoms with van der Waals surface area (Å²) >= 11 is 0. The van der Waals surface area contributed by atoms with Crippen molar-refractivity contribution in [1.29, 1.82) is 0 Å². The number of benzene rings is 1. The van der Waals surface area contributed by atoms with Gasteiger partial charge in [-0.2, -0.15) is 5.10 Å². The van der Waals surface area contributed by atoms with Gasteiger partial charge in [-0.05, 0) is 68.4 Å². The molecule has 1 fully saturated rings. The van der Waals surface area contributed by atoms with Crippen LogP contribution in [0.1, 0.15) is 59.3 Å². The van der Waals surface area contributed by atoms with Gasteiger partial charge in [0, 0.05) is 44.2 Å². The number of hydrogen-bond acceptors (Lipinski definition) is 7. The Bertz CT molecular complexity index is 1440. The Kier molecular flexibility index (Phi) is 9.04. The fourth-order valence-corrected chi connectivity index (χ4v) is 5.97. The number of nitrogens with one attached hydrogen (secondary N) is 2. The summed E-state index contributed by atoms with van der Waals surface area (Å²) in [7, 11) is 3.21. The van der Waals surface area contributed by atoms with Crippen LogP contribution in [0.2, 0.25) is 0 Å². The molecule has 3 amide bonds. The van der Waals surface area contributed by atoms with Gasteiger partial charge in [0.05, 0.1) is 31.7 Å². The summed E-state index contributed by atoms with van der Waals surface area (Å²) in [5.41, 5.74) is 3.08. The van der Waals surface area contributed by atoms with Crippen LogP contribution in [-0.4, -0.2) is 76.8 Å². The van der Waals surface area contributed by atoms with Crippen molar-refractivity contribution >= 4 is 17.7 Å². The Hall–Kier alpha value is -4.41. The lowest BCUT2D eigenvalue weighted by atomic mass is 10.0. The van der Waals surface area contributed by atoms with Crippen molar-refractivity contribution in [2.75, 3.05) is 27.3 Å². The number of aromatic nitrogens is 3. The van der Waals surface area contributed by atoms with E-state index in [1.807, 2.05) is 37.3 Å². The summed E-state index contributed by atoms with van der Waals surface area (Å²) in [5.74, 6) is 1.52. The highest BCUT2D eigenvalue weighted by atomic mass is 16.5. The van der Waals surface area contributed by atoms with Gasteiger partial charge in [-0.1, -0.05) is 12.1 Å². The summed E-state index contributed by atoms with van der Waals surface area (Å²) < 4.78 is 12.8. The number of carbonyl (C=O) groups is 3. The number of ether oxygens (including phenoxy) is 2. The average Bonchev–Trinajstić information content (AvgIpc) is 3.59. The van der Waals surface area contributed by atoms with Crippen LogP contribution in [0, 0.1) is 6.92 Å². The maximum Gasteiger partial charge on any atom is 0.257 e. The fraction of sp³-hybridized carbons (Fsp3) is 0.452. The first-order valence-corrected chi connectivity index (χ1v) is 14.5. The van der Waals surface area contributed by atoms with Gasteiger partial charge in [0.2, 0.25) is 11.8 Å². The molecule has 4 heterocycles. The number of pyridine rings is 1. The molecule has 2 atom stereocenters. The van der Waals surface area contributed by atoms with Crippen molar-refractivity contribution < 1.29 is 23.9 Å². The second-order valence-corrected chi connectivity index (χ2v) is 10.8. The number of aryl methyl sites for hydroxylation is 2. The number of carbonyl (C=O) groups excluding carboxylic acids is 3. The van der Waals surface area contributed by atoms with Gasteiger partial charge in [-0.25, -0.2) is 9.67 Å². The van der Waals surface area contributed by atoms with Gasteiger partial charge >= 0.3 is 0 Å². The van der Waals surface area contributed by atoms with E-state index in [1.54, 1.807) is 36.2 Å². The van der Waals surface area contributed by atoms with Crippen molar-refractivity contribution in [3.05, 3.63) is 65.1 Å². The number of fused-ring (bicyclic) bond motifs is 4. The molecule has 0 aliphatic carbocycles. The van der Waals surface area contributed by atoms with E-state index in [-0.39, 0.29) is 36.2 Å². The molecular formula is C31H38N6O5. The molecule has 0 radical (unpaired) electrons. The SMILES string of the molecule is COc1cc2cc(c1OC)CCCNC(=O)C[C@@H]1CC[C@H](CNC(=O)CC2)N1C(=O)c1cnn(-c2ccccn2)c1C. The van der Waals surface area contributed by atoms with Crippen molar-refractivity contribution in [3.8, 4) is 17.3 Å². The molecule has 11 nitrogen and oxygen atoms in total. The summed E-state index contributed by atoms with van der Waals surface area (Å²) in [6.45, 7) is 2.64. The molecule has 0 spiro atoms. The molecule has 1 saturated heterocycles. The van der Waals surface area contributed by atoms with Gasteiger partial charge in [0.1, 0.15) is 0 Å². The van der Waals surface area contributed by atoms with Crippen LogP contribution < -0.4 is 20.1 Å². The van der Waals surface area contributed by atoms with E-state index < -0.39 is 0 Å². The quantitative estimate of drug-likeness (QED) is 0.491. The Labute approximate surface area is 245 Å². The minimum atomic E-state index is -0.285. The van der Waals surface area contributed by atoms with E-state index in [2.05, 4.69) is 20.7 Å². The van der Waals surface area contributed by atoms with Gasteiger partial charge in [-0.3, -0.25) is 14.4 Å². The van der Waals surface area contributed by atoms with Crippen molar-refractivity contribution in [3.63, 3.8) is 0 Å². The summed E-state index contributed by atoms with van der Waals surface area (Å²) in [5, 5.41) is 10.5. The van der Waals surface area contributed by atoms with E-state index >= 15 is 0 Å². The number of methoxy groups -OCH3 is 2. The second kappa shape index (κ2) is 13.1. The topological polar surface area (TPSA) is 128 Å². The zero-order valence-corrected chi connectivity index (χ0v) is 24.4. The van der Waals surface area contributed by atoms with Crippen LogP contribution in [0.25, 0.3) is 5.82 Å². The number of hydrogen-bond donors (Lipinski definition) is 2. The molecule has 5 rings (SSSR count). The standard InChI is InChI=1S/C31H38N6O5/c1-20-25(19-35-37(20)27-8-4-5-13-32-27)31(40)36-23-10-11-24(36)18-34-28(38)12-9-21-15-22(7-6-14-33-29(39)17-23)30(42-3)26(16-21)41-2/h4-5,8,13,15-16,19,23-24H,6-7,9-12,14,17-18H2,1-3H3,(H,33,39)(H,34,38)/t23-,24+/m0/s1. The van der Waals surface area contributed by atoms with Gasteiger partial charge in [0.25, 0.3) is 5.91 Å². The Morgan fingerprint density at radius 3 is 2.60 bits per heavy atom. The molecule has 1 aromatic carbocycles. The molecule has 11 heteroatoms. The number of rotatable bonds is 4. The van der Waals surface area contributed by atoms with Crippen LogP contribution in [0.15, 0.2) is 42.7 Å². The zero-order valence-electron chi connectivity index (χ0n) is 24.4. The molecule has 2 aliphatic heterocycles. The minimum Gasteiger partial charge on any atom is -0.493 e. The first kappa shape index (κ1) is 29.1. The third kappa shape index (κ3) is 6.24. The van der Waals surface area contributed by atoms with Crippen LogP contribution in [0.5, 0.6) is 11.5 Å². The molecule has 2 aliphatic rings. The fourth-order valence-electron chi connectivity index (χ4n) is 5.97. The number of amides is 3. The molecule has 222 valence electrons. The van der Waals surface area contributed by atoms with Crippen LogP contribution >= 0.6 is 0 Å². The lowest BCUT2D eigenvalue weighted by Crippen LogP contribution is -2.48.